The van der Waals surface area contributed by atoms with Crippen molar-refractivity contribution in [3.63, 3.8) is 0 Å². The first kappa shape index (κ1) is 18.7. The van der Waals surface area contributed by atoms with E-state index in [0.29, 0.717) is 29.2 Å². The minimum atomic E-state index is -2.95. The lowest BCUT2D eigenvalue weighted by atomic mass is 10.1. The van der Waals surface area contributed by atoms with Gasteiger partial charge in [-0.2, -0.15) is 8.78 Å². The Bertz CT molecular complexity index is 931. The van der Waals surface area contributed by atoms with Gasteiger partial charge < -0.3 is 19.1 Å². The van der Waals surface area contributed by atoms with Crippen molar-refractivity contribution < 1.29 is 23.4 Å². The van der Waals surface area contributed by atoms with Crippen molar-refractivity contribution in [1.82, 2.24) is 19.5 Å². The van der Waals surface area contributed by atoms with E-state index in [1.54, 1.807) is 18.5 Å². The summed E-state index contributed by atoms with van der Waals surface area (Å²) in [6.45, 7) is -0.768. The smallest absolute Gasteiger partial charge is 0.388 e. The zero-order valence-corrected chi connectivity index (χ0v) is 14.8. The first-order valence-corrected chi connectivity index (χ1v) is 8.07. The van der Waals surface area contributed by atoms with Crippen LogP contribution in [0.5, 0.6) is 11.8 Å². The van der Waals surface area contributed by atoms with E-state index < -0.39 is 6.61 Å². The second kappa shape index (κ2) is 8.09. The second-order valence-electron chi connectivity index (χ2n) is 5.73. The van der Waals surface area contributed by atoms with Crippen molar-refractivity contribution in [3.8, 4) is 22.9 Å². The monoisotopic (exact) mass is 376 g/mol. The summed E-state index contributed by atoms with van der Waals surface area (Å²) in [5, 5.41) is 9.22. The van der Waals surface area contributed by atoms with Crippen molar-refractivity contribution in [2.75, 3.05) is 7.11 Å². The summed E-state index contributed by atoms with van der Waals surface area (Å²) in [5.74, 6) is 0.923. The van der Waals surface area contributed by atoms with Crippen LogP contribution < -0.4 is 9.47 Å². The molecule has 0 aliphatic heterocycles. The van der Waals surface area contributed by atoms with Gasteiger partial charge in [0.2, 0.25) is 11.8 Å². The molecule has 0 bridgehead atoms. The number of imidazole rings is 1. The van der Waals surface area contributed by atoms with Crippen LogP contribution in [-0.2, 0) is 13.2 Å². The van der Waals surface area contributed by atoms with Gasteiger partial charge in [0.05, 0.1) is 26.0 Å². The molecular formula is C18H18F2N4O3. The molecule has 3 aromatic heterocycles. The number of ether oxygens (including phenoxy) is 2. The lowest BCUT2D eigenvalue weighted by Crippen LogP contribution is -2.04. The molecule has 0 aliphatic rings. The summed E-state index contributed by atoms with van der Waals surface area (Å²) in [4.78, 5) is 12.3. The van der Waals surface area contributed by atoms with E-state index >= 15 is 0 Å². The molecule has 3 rings (SSSR count). The summed E-state index contributed by atoms with van der Waals surface area (Å²) in [6, 6.07) is 4.92. The SMILES string of the molecule is COc1ncc(Cn2cc(CO)nc2C)cc1-c1ccnc(OC(F)F)c1. The van der Waals surface area contributed by atoms with Crippen molar-refractivity contribution in [3.05, 3.63) is 53.9 Å². The van der Waals surface area contributed by atoms with Gasteiger partial charge >= 0.3 is 6.61 Å². The van der Waals surface area contributed by atoms with Gasteiger partial charge in [-0.25, -0.2) is 15.0 Å². The number of aryl methyl sites for hydroxylation is 1. The molecule has 0 atom stereocenters. The normalized spacial score (nSPS) is 11.0. The van der Waals surface area contributed by atoms with Gasteiger partial charge in [-0.05, 0) is 30.2 Å². The fraction of sp³-hybridized carbons (Fsp3) is 0.278. The van der Waals surface area contributed by atoms with Crippen LogP contribution in [0.2, 0.25) is 0 Å². The van der Waals surface area contributed by atoms with Crippen LogP contribution in [0.4, 0.5) is 8.78 Å². The van der Waals surface area contributed by atoms with Crippen molar-refractivity contribution >= 4 is 0 Å². The van der Waals surface area contributed by atoms with Crippen LogP contribution in [0.25, 0.3) is 11.1 Å². The van der Waals surface area contributed by atoms with Crippen LogP contribution in [0, 0.1) is 6.92 Å². The Hall–Kier alpha value is -3.07. The number of alkyl halides is 2. The highest BCUT2D eigenvalue weighted by Crippen LogP contribution is 2.31. The largest absolute Gasteiger partial charge is 0.481 e. The van der Waals surface area contributed by atoms with Gasteiger partial charge in [0, 0.05) is 30.2 Å². The first-order chi connectivity index (χ1) is 13.0. The van der Waals surface area contributed by atoms with Gasteiger partial charge in [-0.3, -0.25) is 0 Å². The number of methoxy groups -OCH3 is 1. The van der Waals surface area contributed by atoms with E-state index in [1.807, 2.05) is 17.6 Å². The van der Waals surface area contributed by atoms with Gasteiger partial charge in [0.25, 0.3) is 0 Å². The number of hydrogen-bond donors (Lipinski definition) is 1. The average Bonchev–Trinajstić information content (AvgIpc) is 3.01. The van der Waals surface area contributed by atoms with Gasteiger partial charge in [0.15, 0.2) is 0 Å². The summed E-state index contributed by atoms with van der Waals surface area (Å²) in [5.41, 5.74) is 2.64. The maximum atomic E-state index is 12.4. The molecule has 27 heavy (non-hydrogen) atoms. The maximum absolute atomic E-state index is 12.4. The molecule has 0 spiro atoms. The molecule has 0 saturated heterocycles. The van der Waals surface area contributed by atoms with E-state index in [-0.39, 0.29) is 12.5 Å². The summed E-state index contributed by atoms with van der Waals surface area (Å²) in [6.07, 6.45) is 4.81. The van der Waals surface area contributed by atoms with Gasteiger partial charge in [0.1, 0.15) is 5.82 Å². The zero-order chi connectivity index (χ0) is 19.4. The van der Waals surface area contributed by atoms with Crippen molar-refractivity contribution in [1.29, 1.82) is 0 Å². The van der Waals surface area contributed by atoms with E-state index in [0.717, 1.165) is 11.4 Å². The molecule has 0 fully saturated rings. The molecular weight excluding hydrogens is 358 g/mol. The molecule has 3 aromatic rings. The molecule has 142 valence electrons. The highest BCUT2D eigenvalue weighted by atomic mass is 19.3. The van der Waals surface area contributed by atoms with Crippen LogP contribution in [-0.4, -0.2) is 38.3 Å². The highest BCUT2D eigenvalue weighted by molar-refractivity contribution is 5.69. The molecule has 3 heterocycles. The number of pyridine rings is 2. The van der Waals surface area contributed by atoms with Gasteiger partial charge in [-0.1, -0.05) is 0 Å². The van der Waals surface area contributed by atoms with Crippen LogP contribution in [0.3, 0.4) is 0 Å². The Balaban J connectivity index is 1.95. The van der Waals surface area contributed by atoms with Gasteiger partial charge in [-0.15, -0.1) is 0 Å². The van der Waals surface area contributed by atoms with E-state index in [1.165, 1.54) is 19.4 Å². The fourth-order valence-corrected chi connectivity index (χ4v) is 2.69. The number of nitrogens with zero attached hydrogens (tertiary/aromatic N) is 4. The lowest BCUT2D eigenvalue weighted by molar-refractivity contribution is -0.0528. The quantitative estimate of drug-likeness (QED) is 0.683. The van der Waals surface area contributed by atoms with E-state index in [9.17, 15) is 13.9 Å². The lowest BCUT2D eigenvalue weighted by Gasteiger charge is -2.12. The van der Waals surface area contributed by atoms with E-state index in [2.05, 4.69) is 19.7 Å². The second-order valence-corrected chi connectivity index (χ2v) is 5.73. The van der Waals surface area contributed by atoms with Crippen LogP contribution >= 0.6 is 0 Å². The van der Waals surface area contributed by atoms with Crippen LogP contribution in [0.15, 0.2) is 36.8 Å². The molecule has 0 amide bonds. The third kappa shape index (κ3) is 4.37. The summed E-state index contributed by atoms with van der Waals surface area (Å²) < 4.78 is 36.4. The standard InChI is InChI=1S/C18H18F2N4O3/c1-11-23-14(10-25)9-24(11)8-12-5-15(17(26-2)22-7-12)13-3-4-21-16(6-13)27-18(19)20/h3-7,9,18,25H,8,10H2,1-2H3. The third-order valence-electron chi connectivity index (χ3n) is 3.90. The summed E-state index contributed by atoms with van der Waals surface area (Å²) >= 11 is 0. The molecule has 0 saturated carbocycles. The Labute approximate surface area is 154 Å². The number of aliphatic hydroxyl groups excluding tert-OH is 1. The molecule has 0 aliphatic carbocycles. The molecule has 0 radical (unpaired) electrons. The Morgan fingerprint density at radius 2 is 2.07 bits per heavy atom. The van der Waals surface area contributed by atoms with E-state index in [4.69, 9.17) is 4.74 Å². The maximum Gasteiger partial charge on any atom is 0.388 e. The molecule has 0 aromatic carbocycles. The Morgan fingerprint density at radius 3 is 2.74 bits per heavy atom. The van der Waals surface area contributed by atoms with Crippen molar-refractivity contribution in [2.24, 2.45) is 0 Å². The number of rotatable bonds is 7. The predicted molar refractivity (Wildman–Crippen MR) is 92.6 cm³/mol. The number of aliphatic hydroxyl groups is 1. The minimum Gasteiger partial charge on any atom is -0.481 e. The number of halogens is 2. The topological polar surface area (TPSA) is 82.3 Å². The molecule has 7 nitrogen and oxygen atoms in total. The molecule has 1 N–H and O–H groups in total. The predicted octanol–water partition coefficient (Wildman–Crippen LogP) is 2.80. The summed E-state index contributed by atoms with van der Waals surface area (Å²) in [7, 11) is 1.48. The minimum absolute atomic E-state index is 0.135. The number of aromatic nitrogens is 4. The highest BCUT2D eigenvalue weighted by Gasteiger charge is 2.13. The molecule has 0 unspecified atom stereocenters. The zero-order valence-electron chi connectivity index (χ0n) is 14.8. The number of hydrogen-bond acceptors (Lipinski definition) is 6. The first-order valence-electron chi connectivity index (χ1n) is 8.07. The Kier molecular flexibility index (Phi) is 5.60. The van der Waals surface area contributed by atoms with Crippen molar-refractivity contribution in [2.45, 2.75) is 26.7 Å². The third-order valence-corrected chi connectivity index (χ3v) is 3.90. The molecule has 9 heteroatoms. The average molecular weight is 376 g/mol. The fourth-order valence-electron chi connectivity index (χ4n) is 2.69. The van der Waals surface area contributed by atoms with Crippen LogP contribution in [0.1, 0.15) is 17.1 Å². The Morgan fingerprint density at radius 1 is 1.26 bits per heavy atom.